The van der Waals surface area contributed by atoms with Gasteiger partial charge in [0.05, 0.1) is 13.0 Å². The summed E-state index contributed by atoms with van der Waals surface area (Å²) in [5.41, 5.74) is 3.76. The number of aliphatic carboxylic acids is 1. The number of hydrogen-bond acceptors (Lipinski definition) is 5. The summed E-state index contributed by atoms with van der Waals surface area (Å²) in [5.74, 6) is -0.187. The lowest BCUT2D eigenvalue weighted by atomic mass is 9.98. The van der Waals surface area contributed by atoms with E-state index in [-0.39, 0.29) is 43.8 Å². The summed E-state index contributed by atoms with van der Waals surface area (Å²) in [5, 5.41) is 9.08. The Labute approximate surface area is 216 Å². The van der Waals surface area contributed by atoms with Gasteiger partial charge in [-0.1, -0.05) is 12.1 Å². The van der Waals surface area contributed by atoms with Crippen LogP contribution in [0, 0.1) is 0 Å². The topological polar surface area (TPSA) is 85.3 Å². The number of ether oxygens (including phenoxy) is 3. The van der Waals surface area contributed by atoms with Crippen molar-refractivity contribution >= 4 is 17.6 Å². The van der Waals surface area contributed by atoms with Crippen LogP contribution in [-0.2, 0) is 17.8 Å². The minimum Gasteiger partial charge on any atom is -0.490 e. The molecule has 1 heterocycles. The van der Waals surface area contributed by atoms with E-state index in [9.17, 15) is 22.8 Å². The van der Waals surface area contributed by atoms with Gasteiger partial charge in [-0.2, -0.15) is 0 Å². The molecule has 0 bridgehead atoms. The van der Waals surface area contributed by atoms with E-state index < -0.39 is 12.3 Å². The van der Waals surface area contributed by atoms with Gasteiger partial charge in [-0.05, 0) is 78.4 Å². The molecule has 1 aliphatic heterocycles. The van der Waals surface area contributed by atoms with Crippen molar-refractivity contribution < 1.29 is 42.1 Å². The molecule has 1 N–H and O–H groups in total. The summed E-state index contributed by atoms with van der Waals surface area (Å²) in [7, 11) is 0. The van der Waals surface area contributed by atoms with Gasteiger partial charge < -0.3 is 24.2 Å². The Kier molecular flexibility index (Phi) is 6.88. The van der Waals surface area contributed by atoms with Gasteiger partial charge in [-0.25, -0.2) is 0 Å². The number of anilines is 1. The van der Waals surface area contributed by atoms with Crippen LogP contribution in [0.25, 0.3) is 0 Å². The number of alkyl halides is 3. The van der Waals surface area contributed by atoms with Crippen molar-refractivity contribution in [3.05, 3.63) is 82.9 Å². The summed E-state index contributed by atoms with van der Waals surface area (Å²) >= 11 is 0. The van der Waals surface area contributed by atoms with Crippen molar-refractivity contribution in [3.63, 3.8) is 0 Å². The Morgan fingerprint density at radius 3 is 2.47 bits per heavy atom. The third kappa shape index (κ3) is 5.53. The van der Waals surface area contributed by atoms with Crippen molar-refractivity contribution in [3.8, 4) is 17.2 Å². The molecule has 1 amide bonds. The summed E-state index contributed by atoms with van der Waals surface area (Å²) in [6.07, 6.45) is -3.03. The predicted molar refractivity (Wildman–Crippen MR) is 131 cm³/mol. The molecule has 0 fully saturated rings. The number of carbonyl (C=O) groups is 2. The minimum absolute atomic E-state index is 0.0356. The number of rotatable bonds is 9. The molecular formula is C28H24F3NO6. The van der Waals surface area contributed by atoms with Gasteiger partial charge in [0.2, 0.25) is 0 Å². The molecule has 2 aliphatic rings. The average Bonchev–Trinajstić information content (AvgIpc) is 3.42. The Morgan fingerprint density at radius 1 is 1.00 bits per heavy atom. The van der Waals surface area contributed by atoms with Crippen LogP contribution in [0.15, 0.2) is 60.7 Å². The van der Waals surface area contributed by atoms with E-state index in [4.69, 9.17) is 14.6 Å². The lowest BCUT2D eigenvalue weighted by Crippen LogP contribution is -2.23. The van der Waals surface area contributed by atoms with Crippen LogP contribution in [0.4, 0.5) is 18.9 Å². The van der Waals surface area contributed by atoms with E-state index in [1.54, 1.807) is 18.2 Å². The molecule has 5 rings (SSSR count). The van der Waals surface area contributed by atoms with Gasteiger partial charge in [0.1, 0.15) is 30.5 Å². The van der Waals surface area contributed by atoms with Gasteiger partial charge in [-0.3, -0.25) is 9.59 Å². The van der Waals surface area contributed by atoms with Crippen molar-refractivity contribution in [1.82, 2.24) is 0 Å². The maximum absolute atomic E-state index is 13.0. The highest BCUT2D eigenvalue weighted by molar-refractivity contribution is 6.10. The Morgan fingerprint density at radius 2 is 1.74 bits per heavy atom. The summed E-state index contributed by atoms with van der Waals surface area (Å²) in [6.45, 7) is 0.708. The van der Waals surface area contributed by atoms with Crippen molar-refractivity contribution in [1.29, 1.82) is 0 Å². The number of nitrogens with zero attached hydrogens (tertiary/aromatic N) is 1. The fraction of sp³-hybridized carbons (Fsp3) is 0.286. The molecule has 198 valence electrons. The van der Waals surface area contributed by atoms with Gasteiger partial charge in [0.25, 0.3) is 5.91 Å². The average molecular weight is 527 g/mol. The summed E-state index contributed by atoms with van der Waals surface area (Å²) < 4.78 is 52.9. The molecule has 0 aromatic heterocycles. The number of hydrogen-bond donors (Lipinski definition) is 1. The number of halogens is 3. The number of carboxylic acid groups (broad SMARTS) is 1. The smallest absolute Gasteiger partial charge is 0.490 e. The minimum atomic E-state index is -4.79. The second-order valence-electron chi connectivity index (χ2n) is 9.11. The third-order valence-electron chi connectivity index (χ3n) is 6.65. The van der Waals surface area contributed by atoms with E-state index in [2.05, 4.69) is 4.74 Å². The molecule has 0 saturated carbocycles. The number of amides is 1. The number of benzene rings is 3. The second-order valence-corrected chi connectivity index (χ2v) is 9.11. The first-order valence-corrected chi connectivity index (χ1v) is 12.1. The number of carboxylic acids is 1. The molecule has 10 heteroatoms. The highest BCUT2D eigenvalue weighted by atomic mass is 19.4. The summed E-state index contributed by atoms with van der Waals surface area (Å²) in [4.78, 5) is 25.5. The van der Waals surface area contributed by atoms with Crippen LogP contribution in [0.2, 0.25) is 0 Å². The predicted octanol–water partition coefficient (Wildman–Crippen LogP) is 5.71. The molecule has 0 spiro atoms. The van der Waals surface area contributed by atoms with E-state index >= 15 is 0 Å². The van der Waals surface area contributed by atoms with E-state index in [1.165, 1.54) is 29.2 Å². The molecule has 7 nitrogen and oxygen atoms in total. The SMILES string of the molecule is O=C(O)CC1CCc2cc(OCCOc3cccc4c3CN(c3ccc(OC(F)(F)F)cc3)C4=O)ccc21. The fourth-order valence-corrected chi connectivity index (χ4v) is 4.98. The molecule has 1 atom stereocenters. The van der Waals surface area contributed by atoms with Crippen molar-refractivity contribution in [2.45, 2.75) is 38.1 Å². The second kappa shape index (κ2) is 10.3. The lowest BCUT2D eigenvalue weighted by Gasteiger charge is -2.17. The number of aryl methyl sites for hydroxylation is 1. The number of carbonyl (C=O) groups excluding carboxylic acids is 1. The first-order chi connectivity index (χ1) is 18.2. The van der Waals surface area contributed by atoms with Crippen LogP contribution in [0.3, 0.4) is 0 Å². The van der Waals surface area contributed by atoms with Crippen LogP contribution < -0.4 is 19.1 Å². The lowest BCUT2D eigenvalue weighted by molar-refractivity contribution is -0.274. The van der Waals surface area contributed by atoms with Gasteiger partial charge in [-0.15, -0.1) is 13.2 Å². The van der Waals surface area contributed by atoms with Crippen LogP contribution in [0.5, 0.6) is 17.2 Å². The van der Waals surface area contributed by atoms with Gasteiger partial charge in [0, 0.05) is 16.8 Å². The monoisotopic (exact) mass is 527 g/mol. The summed E-state index contributed by atoms with van der Waals surface area (Å²) in [6, 6.07) is 16.0. The Balaban J connectivity index is 1.18. The van der Waals surface area contributed by atoms with E-state index in [0.717, 1.165) is 24.0 Å². The molecule has 0 saturated heterocycles. The van der Waals surface area contributed by atoms with Crippen LogP contribution in [-0.4, -0.2) is 36.6 Å². The Hall–Kier alpha value is -4.21. The molecule has 1 aliphatic carbocycles. The highest BCUT2D eigenvalue weighted by Crippen LogP contribution is 2.38. The molecule has 3 aromatic rings. The highest BCUT2D eigenvalue weighted by Gasteiger charge is 2.33. The molecule has 38 heavy (non-hydrogen) atoms. The molecule has 1 unspecified atom stereocenters. The maximum Gasteiger partial charge on any atom is 0.573 e. The first kappa shape index (κ1) is 25.4. The van der Waals surface area contributed by atoms with Crippen molar-refractivity contribution in [2.75, 3.05) is 18.1 Å². The van der Waals surface area contributed by atoms with E-state index in [1.807, 2.05) is 18.2 Å². The zero-order valence-electron chi connectivity index (χ0n) is 20.2. The zero-order chi connectivity index (χ0) is 26.9. The Bertz CT molecular complexity index is 1360. The van der Waals surface area contributed by atoms with Crippen LogP contribution >= 0.6 is 0 Å². The standard InChI is InChI=1S/C28H24F3NO6/c29-28(30,31)38-20-8-6-19(7-9-20)32-16-24-23(27(32)35)2-1-3-25(24)37-13-12-36-21-10-11-22-17(14-21)4-5-18(22)15-26(33)34/h1-3,6-11,14,18H,4-5,12-13,15-16H2,(H,33,34). The largest absolute Gasteiger partial charge is 0.573 e. The number of fused-ring (bicyclic) bond motifs is 2. The zero-order valence-corrected chi connectivity index (χ0v) is 20.2. The van der Waals surface area contributed by atoms with Gasteiger partial charge >= 0.3 is 12.3 Å². The maximum atomic E-state index is 13.0. The molecular weight excluding hydrogens is 503 g/mol. The van der Waals surface area contributed by atoms with Crippen molar-refractivity contribution in [2.24, 2.45) is 0 Å². The normalized spacial score (nSPS) is 16.2. The van der Waals surface area contributed by atoms with Gasteiger partial charge in [0.15, 0.2) is 0 Å². The first-order valence-electron chi connectivity index (χ1n) is 12.1. The molecule has 0 radical (unpaired) electrons. The third-order valence-corrected chi connectivity index (χ3v) is 6.65. The fourth-order valence-electron chi connectivity index (χ4n) is 4.98. The van der Waals surface area contributed by atoms with Crippen LogP contribution in [0.1, 0.15) is 45.8 Å². The van der Waals surface area contributed by atoms with E-state index in [0.29, 0.717) is 28.3 Å². The molecule has 3 aromatic carbocycles. The quantitative estimate of drug-likeness (QED) is 0.359.